The fraction of sp³-hybridized carbons (Fsp3) is 0.407. The van der Waals surface area contributed by atoms with Crippen molar-refractivity contribution in [2.75, 3.05) is 49.7 Å². The van der Waals surface area contributed by atoms with E-state index in [-0.39, 0.29) is 15.7 Å². The van der Waals surface area contributed by atoms with Crippen LogP contribution in [0, 0.1) is 13.8 Å². The monoisotopic (exact) mass is 610 g/mol. The Balaban J connectivity index is 1.48. The molecule has 2 fully saturated rings. The zero-order valence-electron chi connectivity index (χ0n) is 22.6. The lowest BCUT2D eigenvalue weighted by Crippen LogP contribution is -2.40. The SMILES string of the molecule is Cc1cc(C=NNc2ncc(C(F)(F)F)cc2Cl)c(C)n1-c1cc(S(=O)(=O)N2CCOCC2)ccc1N1CCCC1. The van der Waals surface area contributed by atoms with Gasteiger partial charge >= 0.3 is 6.18 Å². The van der Waals surface area contributed by atoms with Gasteiger partial charge in [-0.15, -0.1) is 0 Å². The molecule has 5 rings (SSSR count). The summed E-state index contributed by atoms with van der Waals surface area (Å²) in [5, 5.41) is 3.94. The van der Waals surface area contributed by atoms with Crippen LogP contribution in [0.4, 0.5) is 24.7 Å². The first-order chi connectivity index (χ1) is 19.5. The molecule has 2 aromatic heterocycles. The molecule has 0 spiro atoms. The molecule has 4 heterocycles. The van der Waals surface area contributed by atoms with Gasteiger partial charge in [0.05, 0.1) is 46.3 Å². The van der Waals surface area contributed by atoms with E-state index in [9.17, 15) is 21.6 Å². The molecule has 3 aromatic rings. The zero-order chi connectivity index (χ0) is 29.4. The van der Waals surface area contributed by atoms with E-state index in [0.717, 1.165) is 60.3 Å². The highest BCUT2D eigenvalue weighted by atomic mass is 35.5. The molecule has 2 aliphatic rings. The number of halogens is 4. The smallest absolute Gasteiger partial charge is 0.379 e. The van der Waals surface area contributed by atoms with E-state index < -0.39 is 21.8 Å². The number of benzene rings is 1. The number of hydrogen-bond acceptors (Lipinski definition) is 7. The Labute approximate surface area is 241 Å². The number of aromatic nitrogens is 2. The molecule has 1 N–H and O–H groups in total. The van der Waals surface area contributed by atoms with E-state index in [1.165, 1.54) is 10.5 Å². The summed E-state index contributed by atoms with van der Waals surface area (Å²) >= 11 is 5.98. The number of morpholine rings is 1. The number of pyridine rings is 1. The van der Waals surface area contributed by atoms with Gasteiger partial charge < -0.3 is 14.2 Å². The van der Waals surface area contributed by atoms with Crippen molar-refractivity contribution >= 4 is 39.3 Å². The molecular weight excluding hydrogens is 581 g/mol. The number of hydrogen-bond donors (Lipinski definition) is 1. The molecule has 0 atom stereocenters. The molecule has 220 valence electrons. The van der Waals surface area contributed by atoms with Gasteiger partial charge in [-0.1, -0.05) is 11.6 Å². The normalized spacial score (nSPS) is 17.1. The lowest BCUT2D eigenvalue weighted by molar-refractivity contribution is -0.137. The molecule has 0 radical (unpaired) electrons. The van der Waals surface area contributed by atoms with Gasteiger partial charge in [-0.25, -0.2) is 13.4 Å². The van der Waals surface area contributed by atoms with Crippen LogP contribution in [0.15, 0.2) is 46.5 Å². The third kappa shape index (κ3) is 6.08. The number of aryl methyl sites for hydroxylation is 1. The number of anilines is 2. The summed E-state index contributed by atoms with van der Waals surface area (Å²) < 4.78 is 74.5. The molecule has 0 saturated carbocycles. The predicted molar refractivity (Wildman–Crippen MR) is 152 cm³/mol. The molecule has 0 bridgehead atoms. The Morgan fingerprint density at radius 1 is 1.05 bits per heavy atom. The lowest BCUT2D eigenvalue weighted by Gasteiger charge is -2.28. The number of sulfonamides is 1. The van der Waals surface area contributed by atoms with Crippen molar-refractivity contribution in [1.29, 1.82) is 0 Å². The maximum atomic E-state index is 13.5. The molecule has 2 saturated heterocycles. The van der Waals surface area contributed by atoms with Crippen molar-refractivity contribution in [3.63, 3.8) is 0 Å². The van der Waals surface area contributed by atoms with Crippen molar-refractivity contribution < 1.29 is 26.3 Å². The van der Waals surface area contributed by atoms with Crippen LogP contribution in [0.5, 0.6) is 0 Å². The Bertz CT molecular complexity index is 1560. The highest BCUT2D eigenvalue weighted by Gasteiger charge is 2.32. The van der Waals surface area contributed by atoms with Crippen molar-refractivity contribution in [3.05, 3.63) is 64.1 Å². The number of ether oxygens (including phenoxy) is 1. The summed E-state index contributed by atoms with van der Waals surface area (Å²) in [6, 6.07) is 7.96. The fourth-order valence-corrected chi connectivity index (χ4v) is 6.77. The molecule has 41 heavy (non-hydrogen) atoms. The number of nitrogens with zero attached hydrogens (tertiary/aromatic N) is 5. The van der Waals surface area contributed by atoms with Gasteiger partial charge in [0.15, 0.2) is 5.82 Å². The van der Waals surface area contributed by atoms with Gasteiger partial charge in [-0.3, -0.25) is 5.43 Å². The predicted octanol–water partition coefficient (Wildman–Crippen LogP) is 5.23. The molecule has 14 heteroatoms. The van der Waals surface area contributed by atoms with Gasteiger partial charge in [-0.05, 0) is 57.0 Å². The average molecular weight is 611 g/mol. The quantitative estimate of drug-likeness (QED) is 0.291. The van der Waals surface area contributed by atoms with Crippen LogP contribution >= 0.6 is 11.6 Å². The molecule has 1 aromatic carbocycles. The Morgan fingerprint density at radius 3 is 2.41 bits per heavy atom. The lowest BCUT2D eigenvalue weighted by atomic mass is 10.2. The second-order valence-corrected chi connectivity index (χ2v) is 12.3. The highest BCUT2D eigenvalue weighted by Crippen LogP contribution is 2.35. The van der Waals surface area contributed by atoms with E-state index in [0.29, 0.717) is 32.5 Å². The summed E-state index contributed by atoms with van der Waals surface area (Å²) in [6.07, 6.45) is -0.226. The van der Waals surface area contributed by atoms with Crippen LogP contribution in [-0.4, -0.2) is 67.9 Å². The van der Waals surface area contributed by atoms with E-state index >= 15 is 0 Å². The van der Waals surface area contributed by atoms with E-state index in [2.05, 4.69) is 20.4 Å². The van der Waals surface area contributed by atoms with Crippen molar-refractivity contribution in [2.45, 2.75) is 37.8 Å². The molecular formula is C27H30ClF3N6O3S. The Hall–Kier alpha value is -3.13. The molecule has 0 aliphatic carbocycles. The van der Waals surface area contributed by atoms with Gasteiger partial charge in [-0.2, -0.15) is 22.6 Å². The standard InChI is InChI=1S/C27H30ClF3N6O3S/c1-18-13-20(16-33-34-26-23(28)14-21(17-32-26)27(29,30)31)19(2)37(18)25-15-22(5-6-24(25)35-7-3-4-8-35)41(38,39)36-9-11-40-12-10-36/h5-6,13-17H,3-4,7-12H2,1-2H3,(H,32,34). The topological polar surface area (TPSA) is 92.1 Å². The maximum Gasteiger partial charge on any atom is 0.417 e. The van der Waals surface area contributed by atoms with Gasteiger partial charge in [0.1, 0.15) is 0 Å². The maximum absolute atomic E-state index is 13.5. The van der Waals surface area contributed by atoms with Crippen LogP contribution in [-0.2, 0) is 20.9 Å². The van der Waals surface area contributed by atoms with Gasteiger partial charge in [0.2, 0.25) is 10.0 Å². The summed E-state index contributed by atoms with van der Waals surface area (Å²) in [5.41, 5.74) is 5.73. The average Bonchev–Trinajstić information content (AvgIpc) is 3.57. The molecule has 0 amide bonds. The van der Waals surface area contributed by atoms with Crippen LogP contribution in [0.1, 0.15) is 35.4 Å². The molecule has 0 unspecified atom stereocenters. The molecule has 2 aliphatic heterocycles. The third-order valence-electron chi connectivity index (χ3n) is 7.26. The first kappa shape index (κ1) is 29.4. The van der Waals surface area contributed by atoms with Gasteiger partial charge in [0.25, 0.3) is 0 Å². The van der Waals surface area contributed by atoms with Crippen LogP contribution in [0.25, 0.3) is 5.69 Å². The number of alkyl halides is 3. The number of nitrogens with one attached hydrogen (secondary N) is 1. The Morgan fingerprint density at radius 2 is 1.76 bits per heavy atom. The second kappa shape index (κ2) is 11.6. The number of hydrazone groups is 1. The molecule has 9 nitrogen and oxygen atoms in total. The minimum atomic E-state index is -4.55. The van der Waals surface area contributed by atoms with E-state index in [4.69, 9.17) is 16.3 Å². The Kier molecular flexibility index (Phi) is 8.33. The number of rotatable bonds is 7. The van der Waals surface area contributed by atoms with Crippen molar-refractivity contribution in [1.82, 2.24) is 13.9 Å². The minimum Gasteiger partial charge on any atom is -0.379 e. The van der Waals surface area contributed by atoms with Crippen molar-refractivity contribution in [2.24, 2.45) is 5.10 Å². The zero-order valence-corrected chi connectivity index (χ0v) is 24.2. The van der Waals surface area contributed by atoms with Crippen LogP contribution < -0.4 is 10.3 Å². The van der Waals surface area contributed by atoms with E-state index in [1.807, 2.05) is 30.5 Å². The van der Waals surface area contributed by atoms with Gasteiger partial charge in [0, 0.05) is 49.3 Å². The van der Waals surface area contributed by atoms with Crippen LogP contribution in [0.3, 0.4) is 0 Å². The summed E-state index contributed by atoms with van der Waals surface area (Å²) in [5.74, 6) is -0.0120. The summed E-state index contributed by atoms with van der Waals surface area (Å²) in [4.78, 5) is 6.21. The third-order valence-corrected chi connectivity index (χ3v) is 9.44. The first-order valence-corrected chi connectivity index (χ1v) is 15.0. The largest absolute Gasteiger partial charge is 0.417 e. The summed E-state index contributed by atoms with van der Waals surface area (Å²) in [7, 11) is -3.72. The highest BCUT2D eigenvalue weighted by molar-refractivity contribution is 7.89. The fourth-order valence-electron chi connectivity index (χ4n) is 5.13. The van der Waals surface area contributed by atoms with Crippen molar-refractivity contribution in [3.8, 4) is 5.69 Å². The summed E-state index contributed by atoms with van der Waals surface area (Å²) in [6.45, 7) is 6.89. The first-order valence-electron chi connectivity index (χ1n) is 13.1. The van der Waals surface area contributed by atoms with E-state index in [1.54, 1.807) is 12.1 Å². The van der Waals surface area contributed by atoms with Crippen LogP contribution in [0.2, 0.25) is 5.02 Å². The second-order valence-electron chi connectivity index (χ2n) is 9.95. The minimum absolute atomic E-state index is 0.0120.